The minimum Gasteiger partial charge on any atom is -0.150 e. The van der Waals surface area contributed by atoms with Crippen molar-refractivity contribution < 1.29 is 0 Å². The molecule has 1 atom stereocenters. The zero-order chi connectivity index (χ0) is 5.40. The lowest BCUT2D eigenvalue weighted by molar-refractivity contribution is 0.893. The normalized spacial score (nSPS) is 35.0. The first-order valence-corrected chi connectivity index (χ1v) is 4.32. The summed E-state index contributed by atoms with van der Waals surface area (Å²) < 4.78 is 0. The first-order chi connectivity index (χ1) is 3.97. The molecule has 0 aromatic rings. The number of hydrogen-bond donors (Lipinski definition) is 0. The summed E-state index contributed by atoms with van der Waals surface area (Å²) in [5.41, 5.74) is 1.75. The second-order valence-electron chi connectivity index (χ2n) is 2.49. The van der Waals surface area contributed by atoms with Crippen LogP contribution < -0.4 is 0 Å². The average Bonchev–Trinajstić information content (AvgIpc) is 2.15. The molecule has 44 valence electrons. The van der Waals surface area contributed by atoms with Crippen LogP contribution in [0.3, 0.4) is 0 Å². The maximum atomic E-state index is 2.42. The Kier molecular flexibility index (Phi) is 1.11. The SMILES string of the molecule is C1=C2CCCC2SC1. The summed E-state index contributed by atoms with van der Waals surface area (Å²) in [4.78, 5) is 0. The predicted octanol–water partition coefficient (Wildman–Crippen LogP) is 2.21. The second kappa shape index (κ2) is 1.80. The van der Waals surface area contributed by atoms with Gasteiger partial charge in [-0.1, -0.05) is 11.6 Å². The molecular formula is C7H10S. The average molecular weight is 126 g/mol. The molecule has 0 saturated heterocycles. The van der Waals surface area contributed by atoms with E-state index in [1.807, 2.05) is 0 Å². The summed E-state index contributed by atoms with van der Waals surface area (Å²) >= 11 is 2.12. The minimum absolute atomic E-state index is 0.954. The molecule has 0 aromatic carbocycles. The van der Waals surface area contributed by atoms with Crippen LogP contribution >= 0.6 is 11.8 Å². The van der Waals surface area contributed by atoms with Gasteiger partial charge in [0.1, 0.15) is 0 Å². The van der Waals surface area contributed by atoms with Crippen LogP contribution in [0.15, 0.2) is 11.6 Å². The Morgan fingerprint density at radius 3 is 3.50 bits per heavy atom. The monoisotopic (exact) mass is 126 g/mol. The third-order valence-electron chi connectivity index (χ3n) is 1.99. The Morgan fingerprint density at radius 1 is 1.62 bits per heavy atom. The molecule has 1 saturated carbocycles. The van der Waals surface area contributed by atoms with Crippen molar-refractivity contribution in [1.29, 1.82) is 0 Å². The van der Waals surface area contributed by atoms with Gasteiger partial charge in [-0.3, -0.25) is 0 Å². The van der Waals surface area contributed by atoms with Crippen molar-refractivity contribution >= 4 is 11.8 Å². The molecule has 2 aliphatic rings. The molecule has 0 N–H and O–H groups in total. The predicted molar refractivity (Wildman–Crippen MR) is 38.2 cm³/mol. The highest BCUT2D eigenvalue weighted by Gasteiger charge is 2.23. The van der Waals surface area contributed by atoms with Gasteiger partial charge in [0, 0.05) is 11.0 Å². The van der Waals surface area contributed by atoms with Gasteiger partial charge in [-0.2, -0.15) is 0 Å². The Balaban J connectivity index is 2.20. The third-order valence-corrected chi connectivity index (χ3v) is 3.29. The first-order valence-electron chi connectivity index (χ1n) is 3.27. The molecule has 2 rings (SSSR count). The molecule has 0 aromatic heterocycles. The molecule has 1 fully saturated rings. The van der Waals surface area contributed by atoms with Gasteiger partial charge in [0.15, 0.2) is 0 Å². The zero-order valence-electron chi connectivity index (χ0n) is 4.89. The maximum Gasteiger partial charge on any atom is 0.0259 e. The van der Waals surface area contributed by atoms with Gasteiger partial charge in [0.25, 0.3) is 0 Å². The third kappa shape index (κ3) is 0.609. The smallest absolute Gasteiger partial charge is 0.0259 e. The van der Waals surface area contributed by atoms with E-state index in [4.69, 9.17) is 0 Å². The van der Waals surface area contributed by atoms with Gasteiger partial charge in [0.2, 0.25) is 0 Å². The topological polar surface area (TPSA) is 0 Å². The van der Waals surface area contributed by atoms with Crippen LogP contribution in [0, 0.1) is 0 Å². The summed E-state index contributed by atoms with van der Waals surface area (Å²) in [7, 11) is 0. The lowest BCUT2D eigenvalue weighted by Crippen LogP contribution is -1.89. The van der Waals surface area contributed by atoms with Crippen molar-refractivity contribution in [3.63, 3.8) is 0 Å². The van der Waals surface area contributed by atoms with Gasteiger partial charge < -0.3 is 0 Å². The van der Waals surface area contributed by atoms with E-state index in [2.05, 4.69) is 17.8 Å². The van der Waals surface area contributed by atoms with E-state index in [0.717, 1.165) is 5.25 Å². The molecule has 0 bridgehead atoms. The van der Waals surface area contributed by atoms with Crippen LogP contribution in [0.2, 0.25) is 0 Å². The lowest BCUT2D eigenvalue weighted by Gasteiger charge is -1.98. The molecule has 8 heavy (non-hydrogen) atoms. The van der Waals surface area contributed by atoms with Crippen LogP contribution in [0.1, 0.15) is 19.3 Å². The molecule has 1 aliphatic heterocycles. The van der Waals surface area contributed by atoms with Gasteiger partial charge in [0.05, 0.1) is 0 Å². The van der Waals surface area contributed by atoms with Crippen LogP contribution in [0.25, 0.3) is 0 Å². The molecule has 0 nitrogen and oxygen atoms in total. The summed E-state index contributed by atoms with van der Waals surface area (Å²) in [6.07, 6.45) is 6.72. The van der Waals surface area contributed by atoms with Crippen molar-refractivity contribution in [1.82, 2.24) is 0 Å². The van der Waals surface area contributed by atoms with Crippen LogP contribution in [-0.2, 0) is 0 Å². The Bertz CT molecular complexity index is 126. The molecular weight excluding hydrogens is 116 g/mol. The van der Waals surface area contributed by atoms with Gasteiger partial charge >= 0.3 is 0 Å². The fourth-order valence-electron chi connectivity index (χ4n) is 1.53. The number of thioether (sulfide) groups is 1. The largest absolute Gasteiger partial charge is 0.150 e. The molecule has 1 aliphatic carbocycles. The van der Waals surface area contributed by atoms with Crippen molar-refractivity contribution in [3.8, 4) is 0 Å². The molecule has 1 heterocycles. The quantitative estimate of drug-likeness (QED) is 0.448. The Labute approximate surface area is 54.4 Å². The Hall–Kier alpha value is 0.0900. The zero-order valence-corrected chi connectivity index (χ0v) is 5.71. The summed E-state index contributed by atoms with van der Waals surface area (Å²) in [6, 6.07) is 0. The van der Waals surface area contributed by atoms with Crippen molar-refractivity contribution in [2.75, 3.05) is 5.75 Å². The van der Waals surface area contributed by atoms with E-state index < -0.39 is 0 Å². The molecule has 1 unspecified atom stereocenters. The molecule has 0 spiro atoms. The number of hydrogen-bond acceptors (Lipinski definition) is 1. The fraction of sp³-hybridized carbons (Fsp3) is 0.714. The van der Waals surface area contributed by atoms with E-state index in [9.17, 15) is 0 Å². The number of fused-ring (bicyclic) bond motifs is 1. The van der Waals surface area contributed by atoms with Gasteiger partial charge in [-0.15, -0.1) is 11.8 Å². The van der Waals surface area contributed by atoms with E-state index in [0.29, 0.717) is 0 Å². The summed E-state index contributed by atoms with van der Waals surface area (Å²) in [5.74, 6) is 1.29. The van der Waals surface area contributed by atoms with Crippen LogP contribution in [0.4, 0.5) is 0 Å². The highest BCUT2D eigenvalue weighted by Crippen LogP contribution is 2.38. The van der Waals surface area contributed by atoms with Crippen LogP contribution in [0.5, 0.6) is 0 Å². The molecule has 1 heteroatoms. The standard InChI is InChI=1S/C7H10S/c1-2-6-4-5-8-7(6)3-1/h4,7H,1-3,5H2. The highest BCUT2D eigenvalue weighted by molar-refractivity contribution is 8.00. The Morgan fingerprint density at radius 2 is 2.62 bits per heavy atom. The summed E-state index contributed by atoms with van der Waals surface area (Å²) in [6.45, 7) is 0. The van der Waals surface area contributed by atoms with E-state index in [1.54, 1.807) is 5.57 Å². The van der Waals surface area contributed by atoms with Crippen LogP contribution in [-0.4, -0.2) is 11.0 Å². The summed E-state index contributed by atoms with van der Waals surface area (Å²) in [5, 5.41) is 0.954. The maximum absolute atomic E-state index is 2.42. The second-order valence-corrected chi connectivity index (χ2v) is 3.73. The highest BCUT2D eigenvalue weighted by atomic mass is 32.2. The van der Waals surface area contributed by atoms with Crippen molar-refractivity contribution in [2.24, 2.45) is 0 Å². The lowest BCUT2D eigenvalue weighted by atomic mass is 10.2. The van der Waals surface area contributed by atoms with Gasteiger partial charge in [-0.25, -0.2) is 0 Å². The molecule has 0 amide bonds. The molecule has 0 radical (unpaired) electrons. The minimum atomic E-state index is 0.954. The fourth-order valence-corrected chi connectivity index (χ4v) is 2.84. The van der Waals surface area contributed by atoms with Crippen molar-refractivity contribution in [2.45, 2.75) is 24.5 Å². The first kappa shape index (κ1) is 4.92. The van der Waals surface area contributed by atoms with E-state index in [-0.39, 0.29) is 0 Å². The van der Waals surface area contributed by atoms with E-state index in [1.165, 1.54) is 25.0 Å². The number of rotatable bonds is 0. The van der Waals surface area contributed by atoms with Crippen molar-refractivity contribution in [3.05, 3.63) is 11.6 Å². The van der Waals surface area contributed by atoms with E-state index >= 15 is 0 Å². The van der Waals surface area contributed by atoms with Gasteiger partial charge in [-0.05, 0) is 19.3 Å².